The molecule has 3 aromatic carbocycles. The van der Waals surface area contributed by atoms with Crippen LogP contribution >= 0.6 is 0 Å². The van der Waals surface area contributed by atoms with E-state index < -0.39 is 0 Å². The molecule has 2 aliphatic rings. The van der Waals surface area contributed by atoms with E-state index in [0.717, 1.165) is 64.6 Å². The van der Waals surface area contributed by atoms with Crippen molar-refractivity contribution < 1.29 is 9.53 Å². The van der Waals surface area contributed by atoms with Crippen LogP contribution in [0.1, 0.15) is 47.2 Å². The number of likely N-dealkylation sites (tertiary alicyclic amines) is 1. The van der Waals surface area contributed by atoms with Crippen LogP contribution in [0.4, 0.5) is 0 Å². The largest absolute Gasteiger partial charge is 0.497 e. The number of methoxy groups -OCH3 is 1. The third kappa shape index (κ3) is 7.10. The van der Waals surface area contributed by atoms with Gasteiger partial charge in [-0.15, -0.1) is 0 Å². The molecular weight excluding hydrogens is 460 g/mol. The third-order valence-corrected chi connectivity index (χ3v) is 7.85. The molecule has 0 spiro atoms. The fourth-order valence-electron chi connectivity index (χ4n) is 5.59. The maximum Gasteiger partial charge on any atom is 0.251 e. The summed E-state index contributed by atoms with van der Waals surface area (Å²) in [6.07, 6.45) is 4.49. The molecule has 0 saturated carbocycles. The number of carbonyl (C=O) groups is 1. The van der Waals surface area contributed by atoms with Gasteiger partial charge in [-0.3, -0.25) is 9.69 Å². The van der Waals surface area contributed by atoms with Gasteiger partial charge in [0.1, 0.15) is 5.75 Å². The van der Waals surface area contributed by atoms with Crippen molar-refractivity contribution in [1.29, 1.82) is 0 Å². The highest BCUT2D eigenvalue weighted by Crippen LogP contribution is 2.21. The molecule has 2 saturated heterocycles. The normalized spacial score (nSPS) is 17.6. The SMILES string of the molecule is COc1cccc(C(=O)NC2CCN(Cc3ccc4ccc(CNCC5CCNCC5)cc4c3)CC2)c1. The van der Waals surface area contributed by atoms with Gasteiger partial charge in [0.2, 0.25) is 0 Å². The van der Waals surface area contributed by atoms with E-state index in [0.29, 0.717) is 11.3 Å². The molecule has 0 radical (unpaired) electrons. The third-order valence-electron chi connectivity index (χ3n) is 7.85. The summed E-state index contributed by atoms with van der Waals surface area (Å²) >= 11 is 0. The predicted octanol–water partition coefficient (Wildman–Crippen LogP) is 4.33. The Balaban J connectivity index is 1.11. The number of fused-ring (bicyclic) bond motifs is 1. The first kappa shape index (κ1) is 25.7. The lowest BCUT2D eigenvalue weighted by Gasteiger charge is -2.32. The van der Waals surface area contributed by atoms with Crippen LogP contribution < -0.4 is 20.7 Å². The van der Waals surface area contributed by atoms with Crippen LogP contribution in [0.25, 0.3) is 10.8 Å². The van der Waals surface area contributed by atoms with E-state index in [9.17, 15) is 4.79 Å². The molecule has 196 valence electrons. The second-order valence-electron chi connectivity index (χ2n) is 10.6. The molecule has 2 aliphatic heterocycles. The van der Waals surface area contributed by atoms with Crippen molar-refractivity contribution in [2.75, 3.05) is 39.8 Å². The Morgan fingerprint density at radius 3 is 2.49 bits per heavy atom. The summed E-state index contributed by atoms with van der Waals surface area (Å²) in [5.41, 5.74) is 3.36. The number of nitrogens with one attached hydrogen (secondary N) is 3. The van der Waals surface area contributed by atoms with Gasteiger partial charge in [0, 0.05) is 37.8 Å². The maximum absolute atomic E-state index is 12.7. The highest BCUT2D eigenvalue weighted by molar-refractivity contribution is 5.94. The summed E-state index contributed by atoms with van der Waals surface area (Å²) in [5.74, 6) is 1.49. The van der Waals surface area contributed by atoms with Gasteiger partial charge in [0.25, 0.3) is 5.91 Å². The Bertz CT molecular complexity index is 1180. The van der Waals surface area contributed by atoms with Crippen LogP contribution in [0.15, 0.2) is 60.7 Å². The smallest absolute Gasteiger partial charge is 0.251 e. The Kier molecular flexibility index (Phi) is 8.72. The fourth-order valence-corrected chi connectivity index (χ4v) is 5.59. The zero-order valence-electron chi connectivity index (χ0n) is 22.0. The van der Waals surface area contributed by atoms with Crippen molar-refractivity contribution in [3.63, 3.8) is 0 Å². The maximum atomic E-state index is 12.7. The van der Waals surface area contributed by atoms with Gasteiger partial charge in [-0.1, -0.05) is 30.3 Å². The molecule has 5 rings (SSSR count). The standard InChI is InChI=1S/C31H40N4O2/c1-37-30-4-2-3-27(19-30)31(36)34-29-11-15-35(16-12-29)22-25-6-8-26-7-5-24(17-28(26)18-25)21-33-20-23-9-13-32-14-10-23/h2-8,17-19,23,29,32-33H,9-16,20-22H2,1H3,(H,34,36). The van der Waals surface area contributed by atoms with Crippen LogP contribution in [0, 0.1) is 5.92 Å². The minimum Gasteiger partial charge on any atom is -0.497 e. The molecule has 2 heterocycles. The zero-order chi connectivity index (χ0) is 25.5. The second kappa shape index (κ2) is 12.5. The van der Waals surface area contributed by atoms with Gasteiger partial charge in [0.15, 0.2) is 0 Å². The van der Waals surface area contributed by atoms with E-state index in [1.54, 1.807) is 13.2 Å². The monoisotopic (exact) mass is 500 g/mol. The number of ether oxygens (including phenoxy) is 1. The summed E-state index contributed by atoms with van der Waals surface area (Å²) in [6, 6.07) is 21.3. The van der Waals surface area contributed by atoms with Gasteiger partial charge in [0.05, 0.1) is 7.11 Å². The summed E-state index contributed by atoms with van der Waals surface area (Å²) in [7, 11) is 1.62. The number of amides is 1. The lowest BCUT2D eigenvalue weighted by molar-refractivity contribution is 0.0908. The number of nitrogens with zero attached hydrogens (tertiary/aromatic N) is 1. The Labute approximate surface area is 220 Å². The van der Waals surface area contributed by atoms with E-state index in [-0.39, 0.29) is 11.9 Å². The molecule has 2 fully saturated rings. The van der Waals surface area contributed by atoms with Crippen LogP contribution in [0.2, 0.25) is 0 Å². The van der Waals surface area contributed by atoms with Crippen LogP contribution in [-0.2, 0) is 13.1 Å². The number of benzene rings is 3. The van der Waals surface area contributed by atoms with Crippen molar-refractivity contribution in [3.05, 3.63) is 77.4 Å². The van der Waals surface area contributed by atoms with Crippen molar-refractivity contribution in [1.82, 2.24) is 20.9 Å². The minimum atomic E-state index is -0.0204. The summed E-state index contributed by atoms with van der Waals surface area (Å²) in [6.45, 7) is 7.27. The van der Waals surface area contributed by atoms with Crippen LogP contribution in [0.5, 0.6) is 5.75 Å². The first-order valence-electron chi connectivity index (χ1n) is 13.8. The fraction of sp³-hybridized carbons (Fsp3) is 0.452. The lowest BCUT2D eigenvalue weighted by atomic mass is 9.98. The molecule has 0 bridgehead atoms. The Morgan fingerprint density at radius 1 is 0.946 bits per heavy atom. The Morgan fingerprint density at radius 2 is 1.70 bits per heavy atom. The van der Waals surface area contributed by atoms with E-state index in [1.807, 2.05) is 18.2 Å². The van der Waals surface area contributed by atoms with E-state index in [2.05, 4.69) is 57.2 Å². The molecule has 37 heavy (non-hydrogen) atoms. The quantitative estimate of drug-likeness (QED) is 0.408. The molecule has 0 unspecified atom stereocenters. The first-order valence-corrected chi connectivity index (χ1v) is 13.8. The molecule has 6 nitrogen and oxygen atoms in total. The molecule has 1 amide bonds. The summed E-state index contributed by atoms with van der Waals surface area (Å²) in [5, 5.41) is 12.9. The van der Waals surface area contributed by atoms with E-state index >= 15 is 0 Å². The number of hydrogen-bond acceptors (Lipinski definition) is 5. The molecule has 0 aromatic heterocycles. The zero-order valence-corrected chi connectivity index (χ0v) is 22.0. The lowest BCUT2D eigenvalue weighted by Crippen LogP contribution is -2.44. The van der Waals surface area contributed by atoms with Crippen LogP contribution in [-0.4, -0.2) is 56.7 Å². The van der Waals surface area contributed by atoms with Gasteiger partial charge < -0.3 is 20.7 Å². The predicted molar refractivity (Wildman–Crippen MR) is 150 cm³/mol. The molecule has 6 heteroatoms. The minimum absolute atomic E-state index is 0.0204. The van der Waals surface area contributed by atoms with Crippen molar-refractivity contribution in [3.8, 4) is 5.75 Å². The average Bonchev–Trinajstić information content (AvgIpc) is 2.94. The molecular formula is C31H40N4O2. The molecule has 0 aliphatic carbocycles. The Hall–Kier alpha value is -2.93. The molecule has 3 N–H and O–H groups in total. The number of carbonyl (C=O) groups excluding carboxylic acids is 1. The second-order valence-corrected chi connectivity index (χ2v) is 10.6. The van der Waals surface area contributed by atoms with Crippen molar-refractivity contribution >= 4 is 16.7 Å². The number of piperidine rings is 2. The summed E-state index contributed by atoms with van der Waals surface area (Å²) in [4.78, 5) is 15.2. The van der Waals surface area contributed by atoms with Crippen LogP contribution in [0.3, 0.4) is 0 Å². The highest BCUT2D eigenvalue weighted by atomic mass is 16.5. The highest BCUT2D eigenvalue weighted by Gasteiger charge is 2.21. The van der Waals surface area contributed by atoms with Crippen molar-refractivity contribution in [2.24, 2.45) is 5.92 Å². The average molecular weight is 501 g/mol. The topological polar surface area (TPSA) is 65.6 Å². The summed E-state index contributed by atoms with van der Waals surface area (Å²) < 4.78 is 5.25. The van der Waals surface area contributed by atoms with E-state index in [4.69, 9.17) is 4.74 Å². The van der Waals surface area contributed by atoms with Gasteiger partial charge in [-0.05, 0) is 103 Å². The number of hydrogen-bond donors (Lipinski definition) is 3. The number of rotatable bonds is 9. The van der Waals surface area contributed by atoms with Gasteiger partial charge in [-0.25, -0.2) is 0 Å². The van der Waals surface area contributed by atoms with Gasteiger partial charge >= 0.3 is 0 Å². The first-order chi connectivity index (χ1) is 18.2. The molecule has 0 atom stereocenters. The van der Waals surface area contributed by atoms with E-state index in [1.165, 1.54) is 34.7 Å². The van der Waals surface area contributed by atoms with Crippen molar-refractivity contribution in [2.45, 2.75) is 44.8 Å². The van der Waals surface area contributed by atoms with Gasteiger partial charge in [-0.2, -0.15) is 0 Å². The molecule has 3 aromatic rings.